The molecule has 5 heteroatoms. The number of carbonyl (C=O) groups is 2. The van der Waals surface area contributed by atoms with Crippen molar-refractivity contribution in [3.05, 3.63) is 59.6 Å². The molecule has 27 heavy (non-hydrogen) atoms. The fourth-order valence-corrected chi connectivity index (χ4v) is 3.06. The van der Waals surface area contributed by atoms with E-state index in [1.54, 1.807) is 13.2 Å². The van der Waals surface area contributed by atoms with Gasteiger partial charge in [-0.1, -0.05) is 19.2 Å². The Morgan fingerprint density at radius 3 is 2.48 bits per heavy atom. The van der Waals surface area contributed by atoms with Gasteiger partial charge < -0.3 is 19.0 Å². The number of methoxy groups -OCH3 is 1. The van der Waals surface area contributed by atoms with E-state index >= 15 is 0 Å². The van der Waals surface area contributed by atoms with Crippen molar-refractivity contribution in [1.29, 1.82) is 0 Å². The second-order valence-electron chi connectivity index (χ2n) is 6.62. The van der Waals surface area contributed by atoms with Crippen LogP contribution in [0, 0.1) is 5.92 Å². The van der Waals surface area contributed by atoms with Gasteiger partial charge in [-0.3, -0.25) is 4.79 Å². The van der Waals surface area contributed by atoms with Crippen molar-refractivity contribution in [2.45, 2.75) is 45.6 Å². The van der Waals surface area contributed by atoms with Crippen molar-refractivity contribution in [2.75, 3.05) is 13.7 Å². The summed E-state index contributed by atoms with van der Waals surface area (Å²) in [4.78, 5) is 21.5. The molecular weight excluding hydrogens is 344 g/mol. The zero-order valence-electron chi connectivity index (χ0n) is 16.5. The highest BCUT2D eigenvalue weighted by Crippen LogP contribution is 2.27. The maximum atomic E-state index is 11.0. The standard InChI is InChI=1S/C22H30O5/c1-6-19(27-20-9-7-8-18(12-20)13-23)11-10-17(4)22(25-5)21(16(2)3)14-26-15-24/h6,10-11,13,15,18,20H,1-2,7-9,12,14H2,3-5H3/b17-10+,19-11+,22-21-/t18-,20?/m0/s1. The summed E-state index contributed by atoms with van der Waals surface area (Å²) in [6, 6.07) is 0. The van der Waals surface area contributed by atoms with Gasteiger partial charge in [-0.2, -0.15) is 0 Å². The molecule has 1 aliphatic rings. The van der Waals surface area contributed by atoms with Gasteiger partial charge in [-0.05, 0) is 62.8 Å². The van der Waals surface area contributed by atoms with Crippen molar-refractivity contribution >= 4 is 12.8 Å². The number of carbonyl (C=O) groups excluding carboxylic acids is 2. The van der Waals surface area contributed by atoms with E-state index in [0.29, 0.717) is 23.6 Å². The summed E-state index contributed by atoms with van der Waals surface area (Å²) >= 11 is 0. The summed E-state index contributed by atoms with van der Waals surface area (Å²) in [5, 5.41) is 0. The van der Waals surface area contributed by atoms with Crippen LogP contribution in [0.4, 0.5) is 0 Å². The third-order valence-electron chi connectivity index (χ3n) is 4.51. The lowest BCUT2D eigenvalue weighted by molar-refractivity contribution is -0.127. The molecule has 5 nitrogen and oxygen atoms in total. The van der Waals surface area contributed by atoms with E-state index < -0.39 is 0 Å². The molecule has 0 spiro atoms. The molecule has 0 amide bonds. The van der Waals surface area contributed by atoms with Crippen LogP contribution in [0.1, 0.15) is 39.5 Å². The molecule has 0 N–H and O–H groups in total. The lowest BCUT2D eigenvalue weighted by Gasteiger charge is -2.27. The topological polar surface area (TPSA) is 61.8 Å². The van der Waals surface area contributed by atoms with Crippen molar-refractivity contribution < 1.29 is 23.8 Å². The smallest absolute Gasteiger partial charge is 0.293 e. The summed E-state index contributed by atoms with van der Waals surface area (Å²) in [6.07, 6.45) is 9.98. The third-order valence-corrected chi connectivity index (χ3v) is 4.51. The lowest BCUT2D eigenvalue weighted by Crippen LogP contribution is -2.23. The second kappa shape index (κ2) is 11.9. The first kappa shape index (κ1) is 22.5. The van der Waals surface area contributed by atoms with Gasteiger partial charge in [0, 0.05) is 11.5 Å². The molecule has 1 fully saturated rings. The lowest BCUT2D eigenvalue weighted by atomic mass is 9.88. The highest BCUT2D eigenvalue weighted by Gasteiger charge is 2.22. The van der Waals surface area contributed by atoms with E-state index in [2.05, 4.69) is 13.2 Å². The van der Waals surface area contributed by atoms with Gasteiger partial charge in [-0.25, -0.2) is 0 Å². The Morgan fingerprint density at radius 2 is 1.93 bits per heavy atom. The van der Waals surface area contributed by atoms with Gasteiger partial charge in [0.2, 0.25) is 0 Å². The van der Waals surface area contributed by atoms with Crippen molar-refractivity contribution in [3.63, 3.8) is 0 Å². The predicted molar refractivity (Wildman–Crippen MR) is 106 cm³/mol. The minimum absolute atomic E-state index is 0.0244. The summed E-state index contributed by atoms with van der Waals surface area (Å²) in [7, 11) is 1.56. The average Bonchev–Trinajstić information content (AvgIpc) is 2.67. The molecule has 0 aromatic heterocycles. The Morgan fingerprint density at radius 1 is 1.19 bits per heavy atom. The predicted octanol–water partition coefficient (Wildman–Crippen LogP) is 4.43. The number of aldehydes is 1. The number of ether oxygens (including phenoxy) is 3. The van der Waals surface area contributed by atoms with Crippen LogP contribution in [-0.4, -0.2) is 32.6 Å². The van der Waals surface area contributed by atoms with Crippen molar-refractivity contribution in [1.82, 2.24) is 0 Å². The molecule has 148 valence electrons. The largest absolute Gasteiger partial charge is 0.496 e. The van der Waals surface area contributed by atoms with Crippen molar-refractivity contribution in [2.24, 2.45) is 5.92 Å². The van der Waals surface area contributed by atoms with Gasteiger partial charge in [0.25, 0.3) is 6.47 Å². The molecular formula is C22H30O5. The maximum absolute atomic E-state index is 11.0. The number of hydrogen-bond donors (Lipinski definition) is 0. The summed E-state index contributed by atoms with van der Waals surface area (Å²) in [6.45, 7) is 11.9. The molecule has 1 aliphatic carbocycles. The third kappa shape index (κ3) is 7.29. The summed E-state index contributed by atoms with van der Waals surface area (Å²) in [5.41, 5.74) is 2.31. The number of allylic oxidation sites excluding steroid dienone is 4. The normalized spacial score (nSPS) is 21.6. The van der Waals surface area contributed by atoms with E-state index in [0.717, 1.165) is 43.1 Å². The van der Waals surface area contributed by atoms with Gasteiger partial charge in [0.05, 0.1) is 13.2 Å². The monoisotopic (exact) mass is 374 g/mol. The Kier molecular flexibility index (Phi) is 9.94. The quantitative estimate of drug-likeness (QED) is 0.304. The zero-order chi connectivity index (χ0) is 20.2. The molecule has 0 saturated heterocycles. The van der Waals surface area contributed by atoms with Gasteiger partial charge in [0.1, 0.15) is 24.4 Å². The Hall–Kier alpha value is -2.56. The van der Waals surface area contributed by atoms with Crippen LogP contribution in [0.5, 0.6) is 0 Å². The molecule has 0 aromatic rings. The van der Waals surface area contributed by atoms with Crippen LogP contribution in [0.25, 0.3) is 0 Å². The molecule has 2 atom stereocenters. The van der Waals surface area contributed by atoms with Crippen LogP contribution in [0.15, 0.2) is 59.6 Å². The maximum Gasteiger partial charge on any atom is 0.293 e. The molecule has 0 aliphatic heterocycles. The van der Waals surface area contributed by atoms with E-state index in [-0.39, 0.29) is 18.6 Å². The number of rotatable bonds is 11. The van der Waals surface area contributed by atoms with Gasteiger partial charge >= 0.3 is 0 Å². The first-order valence-corrected chi connectivity index (χ1v) is 9.08. The van der Waals surface area contributed by atoms with Crippen LogP contribution < -0.4 is 0 Å². The zero-order valence-corrected chi connectivity index (χ0v) is 16.5. The highest BCUT2D eigenvalue weighted by molar-refractivity contribution is 5.53. The van der Waals surface area contributed by atoms with Crippen LogP contribution in [-0.2, 0) is 23.8 Å². The van der Waals surface area contributed by atoms with Crippen LogP contribution in [0.3, 0.4) is 0 Å². The molecule has 0 radical (unpaired) electrons. The van der Waals surface area contributed by atoms with Crippen LogP contribution in [0.2, 0.25) is 0 Å². The van der Waals surface area contributed by atoms with E-state index in [1.807, 2.05) is 26.0 Å². The summed E-state index contributed by atoms with van der Waals surface area (Å²) in [5.74, 6) is 1.32. The molecule has 1 unspecified atom stereocenters. The van der Waals surface area contributed by atoms with E-state index in [1.165, 1.54) is 0 Å². The minimum Gasteiger partial charge on any atom is -0.496 e. The minimum atomic E-state index is 0.0244. The van der Waals surface area contributed by atoms with E-state index in [4.69, 9.17) is 14.2 Å². The number of hydrogen-bond acceptors (Lipinski definition) is 5. The molecule has 0 aromatic carbocycles. The fourth-order valence-electron chi connectivity index (χ4n) is 3.06. The second-order valence-corrected chi connectivity index (χ2v) is 6.62. The fraction of sp³-hybridized carbons (Fsp3) is 0.455. The molecule has 0 heterocycles. The summed E-state index contributed by atoms with van der Waals surface area (Å²) < 4.78 is 16.4. The average molecular weight is 374 g/mol. The first-order valence-electron chi connectivity index (χ1n) is 9.08. The molecule has 1 saturated carbocycles. The van der Waals surface area contributed by atoms with Gasteiger partial charge in [-0.15, -0.1) is 0 Å². The Bertz CT molecular complexity index is 639. The first-order chi connectivity index (χ1) is 13.0. The molecule has 1 rings (SSSR count). The Balaban J connectivity index is 2.98. The van der Waals surface area contributed by atoms with Gasteiger partial charge in [0.15, 0.2) is 0 Å². The SMILES string of the molecule is C=C\C(=C/C=C(C)/C(OC)=C(\COC=O)C(=C)C)OC1CCC[C@H](C=O)C1. The van der Waals surface area contributed by atoms with Crippen molar-refractivity contribution in [3.8, 4) is 0 Å². The van der Waals surface area contributed by atoms with E-state index in [9.17, 15) is 9.59 Å². The van der Waals surface area contributed by atoms with Crippen LogP contribution >= 0.6 is 0 Å². The highest BCUT2D eigenvalue weighted by atomic mass is 16.5. The Labute approximate surface area is 162 Å². The molecule has 0 bridgehead atoms.